The molecule has 0 aliphatic carbocycles. The van der Waals surface area contributed by atoms with Gasteiger partial charge >= 0.3 is 0 Å². The van der Waals surface area contributed by atoms with Crippen molar-refractivity contribution < 1.29 is 4.79 Å². The van der Waals surface area contributed by atoms with Gasteiger partial charge < -0.3 is 4.90 Å². The zero-order valence-electron chi connectivity index (χ0n) is 20.3. The Hall–Kier alpha value is -4.51. The van der Waals surface area contributed by atoms with Crippen LogP contribution in [0.25, 0.3) is 10.9 Å². The SMILES string of the molecule is Cc1nc2cc(C(=O)N(C)Cc3ccccc3)ccc2c(=O)n1C(c1ccccc1)c1ccccc1. The van der Waals surface area contributed by atoms with E-state index in [1.165, 1.54) is 0 Å². The molecule has 1 amide bonds. The zero-order chi connectivity index (χ0) is 25.1. The molecule has 5 aromatic rings. The van der Waals surface area contributed by atoms with Gasteiger partial charge in [-0.25, -0.2) is 4.98 Å². The normalized spacial score (nSPS) is 11.1. The molecular formula is C31H27N3O2. The summed E-state index contributed by atoms with van der Waals surface area (Å²) in [6, 6.07) is 34.6. The highest BCUT2D eigenvalue weighted by atomic mass is 16.2. The highest BCUT2D eigenvalue weighted by molar-refractivity contribution is 5.97. The molecule has 0 aliphatic rings. The third-order valence-electron chi connectivity index (χ3n) is 6.42. The van der Waals surface area contributed by atoms with E-state index in [0.717, 1.165) is 16.7 Å². The van der Waals surface area contributed by atoms with Crippen LogP contribution >= 0.6 is 0 Å². The van der Waals surface area contributed by atoms with Crippen molar-refractivity contribution in [2.45, 2.75) is 19.5 Å². The molecule has 4 aromatic carbocycles. The van der Waals surface area contributed by atoms with Crippen LogP contribution in [0.3, 0.4) is 0 Å². The molecule has 0 N–H and O–H groups in total. The van der Waals surface area contributed by atoms with Crippen LogP contribution in [0.2, 0.25) is 0 Å². The van der Waals surface area contributed by atoms with Gasteiger partial charge in [0.1, 0.15) is 5.82 Å². The van der Waals surface area contributed by atoms with Crippen LogP contribution in [0.5, 0.6) is 0 Å². The molecular weight excluding hydrogens is 446 g/mol. The number of carbonyl (C=O) groups is 1. The summed E-state index contributed by atoms with van der Waals surface area (Å²) in [5, 5.41) is 0.486. The number of aromatic nitrogens is 2. The van der Waals surface area contributed by atoms with E-state index in [1.54, 1.807) is 34.7 Å². The number of hydrogen-bond acceptors (Lipinski definition) is 3. The van der Waals surface area contributed by atoms with Crippen molar-refractivity contribution in [2.75, 3.05) is 7.05 Å². The molecule has 178 valence electrons. The van der Waals surface area contributed by atoms with Crippen molar-refractivity contribution >= 4 is 16.8 Å². The maximum Gasteiger partial charge on any atom is 0.262 e. The number of carbonyl (C=O) groups excluding carboxylic acids is 1. The largest absolute Gasteiger partial charge is 0.337 e. The van der Waals surface area contributed by atoms with Crippen LogP contribution in [-0.2, 0) is 6.54 Å². The van der Waals surface area contributed by atoms with E-state index in [0.29, 0.717) is 28.8 Å². The van der Waals surface area contributed by atoms with E-state index in [2.05, 4.69) is 0 Å². The Morgan fingerprint density at radius 3 is 1.97 bits per heavy atom. The van der Waals surface area contributed by atoms with E-state index in [-0.39, 0.29) is 17.5 Å². The summed E-state index contributed by atoms with van der Waals surface area (Å²) >= 11 is 0. The molecule has 0 fully saturated rings. The van der Waals surface area contributed by atoms with E-state index in [4.69, 9.17) is 4.98 Å². The highest BCUT2D eigenvalue weighted by Crippen LogP contribution is 2.27. The number of nitrogens with zero attached hydrogens (tertiary/aromatic N) is 3. The summed E-state index contributed by atoms with van der Waals surface area (Å²) in [4.78, 5) is 33.4. The maximum atomic E-state index is 13.8. The van der Waals surface area contributed by atoms with Gasteiger partial charge in [-0.1, -0.05) is 91.0 Å². The van der Waals surface area contributed by atoms with Gasteiger partial charge in [0, 0.05) is 19.2 Å². The van der Waals surface area contributed by atoms with Crippen molar-refractivity contribution in [2.24, 2.45) is 0 Å². The van der Waals surface area contributed by atoms with Crippen LogP contribution in [0.4, 0.5) is 0 Å². The minimum absolute atomic E-state index is 0.115. The number of aryl methyl sites for hydroxylation is 1. The van der Waals surface area contributed by atoms with Crippen LogP contribution in [0.15, 0.2) is 114 Å². The maximum absolute atomic E-state index is 13.8. The van der Waals surface area contributed by atoms with Crippen molar-refractivity contribution in [1.29, 1.82) is 0 Å². The summed E-state index contributed by atoms with van der Waals surface area (Å²) < 4.78 is 1.75. The first-order chi connectivity index (χ1) is 17.5. The molecule has 5 rings (SSSR count). The Balaban J connectivity index is 1.56. The summed E-state index contributed by atoms with van der Waals surface area (Å²) in [7, 11) is 1.78. The fourth-order valence-corrected chi connectivity index (χ4v) is 4.66. The highest BCUT2D eigenvalue weighted by Gasteiger charge is 2.22. The second-order valence-corrected chi connectivity index (χ2v) is 8.94. The average Bonchev–Trinajstić information content (AvgIpc) is 2.91. The summed E-state index contributed by atoms with van der Waals surface area (Å²) in [5.74, 6) is 0.475. The first-order valence-corrected chi connectivity index (χ1v) is 11.9. The van der Waals surface area contributed by atoms with Gasteiger partial charge in [-0.15, -0.1) is 0 Å². The minimum atomic E-state index is -0.310. The first-order valence-electron chi connectivity index (χ1n) is 11.9. The molecule has 0 bridgehead atoms. The quantitative estimate of drug-likeness (QED) is 0.322. The topological polar surface area (TPSA) is 55.2 Å². The lowest BCUT2D eigenvalue weighted by Crippen LogP contribution is -2.30. The number of fused-ring (bicyclic) bond motifs is 1. The minimum Gasteiger partial charge on any atom is -0.337 e. The van der Waals surface area contributed by atoms with Crippen molar-refractivity contribution in [3.63, 3.8) is 0 Å². The second kappa shape index (κ2) is 10.0. The third-order valence-corrected chi connectivity index (χ3v) is 6.42. The predicted molar refractivity (Wildman–Crippen MR) is 143 cm³/mol. The molecule has 0 spiro atoms. The number of rotatable bonds is 6. The monoisotopic (exact) mass is 473 g/mol. The lowest BCUT2D eigenvalue weighted by atomic mass is 9.98. The van der Waals surface area contributed by atoms with Crippen LogP contribution < -0.4 is 5.56 Å². The van der Waals surface area contributed by atoms with Crippen molar-refractivity contribution in [1.82, 2.24) is 14.5 Å². The fourth-order valence-electron chi connectivity index (χ4n) is 4.66. The number of benzene rings is 4. The second-order valence-electron chi connectivity index (χ2n) is 8.94. The molecule has 5 heteroatoms. The van der Waals surface area contributed by atoms with Gasteiger partial charge in [-0.05, 0) is 41.8 Å². The van der Waals surface area contributed by atoms with Gasteiger partial charge in [0.05, 0.1) is 16.9 Å². The number of hydrogen-bond donors (Lipinski definition) is 0. The average molecular weight is 474 g/mol. The van der Waals surface area contributed by atoms with Crippen LogP contribution in [0.1, 0.15) is 38.9 Å². The van der Waals surface area contributed by atoms with Crippen molar-refractivity contribution in [3.05, 3.63) is 148 Å². The lowest BCUT2D eigenvalue weighted by Gasteiger charge is -2.23. The van der Waals surface area contributed by atoms with Crippen molar-refractivity contribution in [3.8, 4) is 0 Å². The zero-order valence-corrected chi connectivity index (χ0v) is 20.3. The molecule has 0 unspecified atom stereocenters. The van der Waals surface area contributed by atoms with E-state index in [1.807, 2.05) is 97.9 Å². The molecule has 1 heterocycles. The molecule has 0 aliphatic heterocycles. The smallest absolute Gasteiger partial charge is 0.262 e. The molecule has 0 saturated carbocycles. The van der Waals surface area contributed by atoms with Crippen LogP contribution in [-0.4, -0.2) is 27.4 Å². The Labute approximate surface area is 210 Å². The summed E-state index contributed by atoms with van der Waals surface area (Å²) in [6.07, 6.45) is 0. The van der Waals surface area contributed by atoms with Gasteiger partial charge in [-0.3, -0.25) is 14.2 Å². The van der Waals surface area contributed by atoms with Gasteiger partial charge in [0.15, 0.2) is 0 Å². The summed E-state index contributed by atoms with van der Waals surface area (Å²) in [6.45, 7) is 2.34. The summed E-state index contributed by atoms with van der Waals surface area (Å²) in [5.41, 5.74) is 3.96. The standard InChI is InChI=1S/C31H27N3O2/c1-22-32-28-20-26(30(35)33(2)21-23-12-6-3-7-13-23)18-19-27(28)31(36)34(22)29(24-14-8-4-9-15-24)25-16-10-5-11-17-25/h3-20,29H,21H2,1-2H3. The van der Waals surface area contributed by atoms with E-state index >= 15 is 0 Å². The third kappa shape index (κ3) is 4.56. The van der Waals surface area contributed by atoms with Crippen LogP contribution in [0, 0.1) is 6.92 Å². The lowest BCUT2D eigenvalue weighted by molar-refractivity contribution is 0.0785. The van der Waals surface area contributed by atoms with Gasteiger partial charge in [0.2, 0.25) is 0 Å². The van der Waals surface area contributed by atoms with Gasteiger partial charge in [-0.2, -0.15) is 0 Å². The van der Waals surface area contributed by atoms with E-state index in [9.17, 15) is 9.59 Å². The van der Waals surface area contributed by atoms with Gasteiger partial charge in [0.25, 0.3) is 11.5 Å². The first kappa shape index (κ1) is 23.2. The molecule has 5 nitrogen and oxygen atoms in total. The predicted octanol–water partition coefficient (Wildman–Crippen LogP) is 5.61. The Morgan fingerprint density at radius 1 is 0.833 bits per heavy atom. The molecule has 0 atom stereocenters. The molecule has 36 heavy (non-hydrogen) atoms. The number of amides is 1. The molecule has 1 aromatic heterocycles. The Morgan fingerprint density at radius 2 is 1.39 bits per heavy atom. The fraction of sp³-hybridized carbons (Fsp3) is 0.129. The van der Waals surface area contributed by atoms with E-state index < -0.39 is 0 Å². The Bertz CT molecular complexity index is 1520. The molecule has 0 saturated heterocycles. The Kier molecular flexibility index (Phi) is 6.46. The molecule has 0 radical (unpaired) electrons.